The van der Waals surface area contributed by atoms with E-state index in [4.69, 9.17) is 11.5 Å². The number of nitrogens with zero attached hydrogens (tertiary/aromatic N) is 2. The van der Waals surface area contributed by atoms with Crippen LogP contribution in [0, 0.1) is 0 Å². The fourth-order valence-electron chi connectivity index (χ4n) is 3.79. The molecule has 4 nitrogen and oxygen atoms in total. The van der Waals surface area contributed by atoms with E-state index in [0.717, 1.165) is 55.4 Å². The molecule has 0 saturated carbocycles. The molecule has 0 atom stereocenters. The molecule has 5 rings (SSSR count). The smallest absolute Gasteiger partial charge is 0.0709 e. The second-order valence-corrected chi connectivity index (χ2v) is 7.62. The fraction of sp³-hybridized carbons (Fsp3) is 0. The normalized spacial score (nSPS) is 11.8. The van der Waals surface area contributed by atoms with Crippen LogP contribution in [0.4, 0.5) is 22.7 Å². The van der Waals surface area contributed by atoms with Gasteiger partial charge in [-0.2, -0.15) is 0 Å². The average Bonchev–Trinajstić information content (AvgIpc) is 2.84. The van der Waals surface area contributed by atoms with Gasteiger partial charge < -0.3 is 11.5 Å². The van der Waals surface area contributed by atoms with Gasteiger partial charge in [0.15, 0.2) is 0 Å². The third kappa shape index (κ3) is 3.82. The van der Waals surface area contributed by atoms with Crippen LogP contribution in [-0.4, -0.2) is 12.4 Å². The number of fused-ring (bicyclic) bond motifs is 2. The van der Waals surface area contributed by atoms with E-state index in [1.165, 1.54) is 0 Å². The Morgan fingerprint density at radius 3 is 1.22 bits per heavy atom. The van der Waals surface area contributed by atoms with Crippen molar-refractivity contribution in [2.45, 2.75) is 0 Å². The van der Waals surface area contributed by atoms with Crippen molar-refractivity contribution in [1.82, 2.24) is 0 Å². The molecule has 0 unspecified atom stereocenters. The fourth-order valence-corrected chi connectivity index (χ4v) is 3.79. The molecule has 0 aliphatic rings. The van der Waals surface area contributed by atoms with E-state index < -0.39 is 0 Å². The number of benzene rings is 5. The quantitative estimate of drug-likeness (QED) is 0.255. The monoisotopic (exact) mass is 414 g/mol. The molecule has 0 radical (unpaired) electrons. The van der Waals surface area contributed by atoms with Gasteiger partial charge in [-0.3, -0.25) is 9.98 Å². The van der Waals surface area contributed by atoms with Crippen molar-refractivity contribution in [2.75, 3.05) is 11.5 Å². The zero-order chi connectivity index (χ0) is 21.9. The van der Waals surface area contributed by atoms with Crippen molar-refractivity contribution in [1.29, 1.82) is 0 Å². The third-order valence-electron chi connectivity index (χ3n) is 5.51. The minimum Gasteiger partial charge on any atom is -0.398 e. The first-order chi connectivity index (χ1) is 15.7. The van der Waals surface area contributed by atoms with Crippen molar-refractivity contribution in [3.8, 4) is 0 Å². The zero-order valence-electron chi connectivity index (χ0n) is 17.4. The first kappa shape index (κ1) is 19.5. The standard InChI is InChI=1S/C28H22N4/c29-25-13-15-27(23-7-3-1-5-21(23)25)31-17-19-9-11-20(12-10-19)18-32-28-16-14-26(30)22-6-2-4-8-24(22)28/h1-18H,29-30H2/b31-17+,32-18+. The lowest BCUT2D eigenvalue weighted by Gasteiger charge is -2.05. The maximum Gasteiger partial charge on any atom is 0.0709 e. The molecule has 0 aromatic heterocycles. The topological polar surface area (TPSA) is 76.8 Å². The molecule has 4 N–H and O–H groups in total. The number of hydrogen-bond donors (Lipinski definition) is 2. The maximum atomic E-state index is 6.09. The Morgan fingerprint density at radius 1 is 0.438 bits per heavy atom. The van der Waals surface area contributed by atoms with Crippen molar-refractivity contribution >= 4 is 56.7 Å². The highest BCUT2D eigenvalue weighted by atomic mass is 14.7. The van der Waals surface area contributed by atoms with Crippen LogP contribution in [0.1, 0.15) is 11.1 Å². The Labute approximate surface area is 186 Å². The van der Waals surface area contributed by atoms with E-state index in [2.05, 4.69) is 9.98 Å². The van der Waals surface area contributed by atoms with E-state index in [0.29, 0.717) is 0 Å². The van der Waals surface area contributed by atoms with E-state index in [-0.39, 0.29) is 0 Å². The average molecular weight is 415 g/mol. The number of aliphatic imine (C=N–C) groups is 2. The number of hydrogen-bond acceptors (Lipinski definition) is 4. The molecule has 0 bridgehead atoms. The molecule has 32 heavy (non-hydrogen) atoms. The summed E-state index contributed by atoms with van der Waals surface area (Å²) in [6.07, 6.45) is 3.73. The number of anilines is 2. The van der Waals surface area contributed by atoms with Gasteiger partial charge in [0.05, 0.1) is 11.4 Å². The summed E-state index contributed by atoms with van der Waals surface area (Å²) in [5.41, 5.74) is 17.5. The summed E-state index contributed by atoms with van der Waals surface area (Å²) in [7, 11) is 0. The van der Waals surface area contributed by atoms with Crippen molar-refractivity contribution in [3.05, 3.63) is 108 Å². The summed E-state index contributed by atoms with van der Waals surface area (Å²) in [6.45, 7) is 0. The maximum absolute atomic E-state index is 6.09. The molecule has 5 aromatic rings. The van der Waals surface area contributed by atoms with Crippen molar-refractivity contribution in [3.63, 3.8) is 0 Å². The lowest BCUT2D eigenvalue weighted by molar-refractivity contribution is 1.54. The summed E-state index contributed by atoms with van der Waals surface area (Å²) < 4.78 is 0. The molecule has 0 amide bonds. The van der Waals surface area contributed by atoms with E-state index in [1.807, 2.05) is 109 Å². The van der Waals surface area contributed by atoms with Gasteiger partial charge >= 0.3 is 0 Å². The molecule has 4 heteroatoms. The van der Waals surface area contributed by atoms with Gasteiger partial charge in [0.1, 0.15) is 0 Å². The van der Waals surface area contributed by atoms with Crippen LogP contribution in [0.5, 0.6) is 0 Å². The summed E-state index contributed by atoms with van der Waals surface area (Å²) >= 11 is 0. The Bertz CT molecular complexity index is 1370. The summed E-state index contributed by atoms with van der Waals surface area (Å²) in [5, 5.41) is 4.12. The summed E-state index contributed by atoms with van der Waals surface area (Å²) in [5.74, 6) is 0. The third-order valence-corrected chi connectivity index (χ3v) is 5.51. The second kappa shape index (κ2) is 8.36. The van der Waals surface area contributed by atoms with Crippen LogP contribution in [0.3, 0.4) is 0 Å². The van der Waals surface area contributed by atoms with Gasteiger partial charge in [-0.25, -0.2) is 0 Å². The van der Waals surface area contributed by atoms with Crippen LogP contribution in [0.15, 0.2) is 107 Å². The zero-order valence-corrected chi connectivity index (χ0v) is 17.4. The molecule has 0 saturated heterocycles. The highest BCUT2D eigenvalue weighted by Gasteiger charge is 2.03. The predicted octanol–water partition coefficient (Wildman–Crippen LogP) is 6.66. The van der Waals surface area contributed by atoms with Gasteiger partial charge in [0.2, 0.25) is 0 Å². The lowest BCUT2D eigenvalue weighted by atomic mass is 10.1. The van der Waals surface area contributed by atoms with E-state index >= 15 is 0 Å². The molecule has 0 fully saturated rings. The molecule has 0 aliphatic carbocycles. The minimum atomic E-state index is 0.761. The number of nitrogen functional groups attached to an aromatic ring is 2. The molecule has 154 valence electrons. The van der Waals surface area contributed by atoms with Gasteiger partial charge in [-0.1, -0.05) is 72.8 Å². The molecular weight excluding hydrogens is 392 g/mol. The molecule has 0 spiro atoms. The SMILES string of the molecule is Nc1ccc(/N=C/c2ccc(/C=N/c3ccc(N)c4ccccc34)cc2)c2ccccc12. The van der Waals surface area contributed by atoms with Crippen LogP contribution in [0.2, 0.25) is 0 Å². The largest absolute Gasteiger partial charge is 0.398 e. The highest BCUT2D eigenvalue weighted by molar-refractivity contribution is 6.02. The van der Waals surface area contributed by atoms with Crippen molar-refractivity contribution < 1.29 is 0 Å². The van der Waals surface area contributed by atoms with Crippen LogP contribution in [0.25, 0.3) is 21.5 Å². The van der Waals surface area contributed by atoms with E-state index in [9.17, 15) is 0 Å². The Kier molecular flexibility index (Phi) is 5.10. The lowest BCUT2D eigenvalue weighted by Crippen LogP contribution is -1.88. The van der Waals surface area contributed by atoms with Crippen LogP contribution in [-0.2, 0) is 0 Å². The van der Waals surface area contributed by atoms with Crippen molar-refractivity contribution in [2.24, 2.45) is 9.98 Å². The Hall–Kier alpha value is -4.44. The van der Waals surface area contributed by atoms with Crippen LogP contribution >= 0.6 is 0 Å². The van der Waals surface area contributed by atoms with Gasteiger partial charge in [0.25, 0.3) is 0 Å². The van der Waals surface area contributed by atoms with Gasteiger partial charge in [-0.05, 0) is 35.4 Å². The number of nitrogens with two attached hydrogens (primary N) is 2. The van der Waals surface area contributed by atoms with Gasteiger partial charge in [0, 0.05) is 45.3 Å². The summed E-state index contributed by atoms with van der Waals surface area (Å²) in [4.78, 5) is 9.37. The number of rotatable bonds is 4. The molecule has 0 heterocycles. The Balaban J connectivity index is 1.38. The highest BCUT2D eigenvalue weighted by Crippen LogP contribution is 2.31. The minimum absolute atomic E-state index is 0.761. The van der Waals surface area contributed by atoms with Gasteiger partial charge in [-0.15, -0.1) is 0 Å². The first-order valence-electron chi connectivity index (χ1n) is 10.4. The second-order valence-electron chi connectivity index (χ2n) is 7.62. The molecule has 0 aliphatic heterocycles. The summed E-state index contributed by atoms with van der Waals surface area (Å²) in [6, 6.07) is 31.9. The molecule has 5 aromatic carbocycles. The molecular formula is C28H22N4. The first-order valence-corrected chi connectivity index (χ1v) is 10.4. The Morgan fingerprint density at radius 2 is 0.812 bits per heavy atom. The predicted molar refractivity (Wildman–Crippen MR) is 138 cm³/mol. The van der Waals surface area contributed by atoms with Crippen LogP contribution < -0.4 is 11.5 Å². The van der Waals surface area contributed by atoms with E-state index in [1.54, 1.807) is 0 Å².